The second kappa shape index (κ2) is 3.42. The molecule has 1 aliphatic heterocycles. The molecule has 0 radical (unpaired) electrons. The second-order valence-electron chi connectivity index (χ2n) is 8.07. The van der Waals surface area contributed by atoms with Crippen LogP contribution in [0.1, 0.15) is 46.5 Å². The molecule has 0 aromatic heterocycles. The molecule has 4 rings (SSSR count). The molecular formula is C15H23NO3S. The van der Waals surface area contributed by atoms with Crippen LogP contribution in [-0.4, -0.2) is 30.4 Å². The smallest absolute Gasteiger partial charge is 0.239 e. The number of carbonyl (C=O) groups is 1. The topological polar surface area (TPSA) is 54.5 Å². The van der Waals surface area contributed by atoms with Gasteiger partial charge in [0.05, 0.1) is 11.8 Å². The van der Waals surface area contributed by atoms with E-state index in [1.807, 2.05) is 6.92 Å². The summed E-state index contributed by atoms with van der Waals surface area (Å²) in [6.07, 6.45) is 3.84. The molecule has 0 N–H and O–H groups in total. The number of hydrogen-bond donors (Lipinski definition) is 0. The lowest BCUT2D eigenvalue weighted by Gasteiger charge is -2.37. The number of carbonyl (C=O) groups excluding carboxylic acids is 1. The second-order valence-corrected chi connectivity index (χ2v) is 9.92. The molecule has 5 atom stereocenters. The van der Waals surface area contributed by atoms with Gasteiger partial charge in [-0.3, -0.25) is 4.79 Å². The summed E-state index contributed by atoms with van der Waals surface area (Å²) in [5.74, 6) is 0.988. The summed E-state index contributed by atoms with van der Waals surface area (Å²) in [5, 5.41) is 0. The largest absolute Gasteiger partial charge is 0.273 e. The molecule has 2 bridgehead atoms. The van der Waals surface area contributed by atoms with Crippen LogP contribution in [0.3, 0.4) is 0 Å². The van der Waals surface area contributed by atoms with Crippen LogP contribution in [0.4, 0.5) is 0 Å². The van der Waals surface area contributed by atoms with Crippen LogP contribution in [0.5, 0.6) is 0 Å². The molecule has 3 saturated carbocycles. The summed E-state index contributed by atoms with van der Waals surface area (Å²) in [6, 6.07) is -0.0541. The van der Waals surface area contributed by atoms with E-state index in [1.54, 1.807) is 0 Å². The predicted molar refractivity (Wildman–Crippen MR) is 75.2 cm³/mol. The molecular weight excluding hydrogens is 274 g/mol. The van der Waals surface area contributed by atoms with E-state index in [4.69, 9.17) is 0 Å². The maximum atomic E-state index is 12.6. The van der Waals surface area contributed by atoms with Gasteiger partial charge in [-0.1, -0.05) is 20.8 Å². The molecule has 112 valence electrons. The Morgan fingerprint density at radius 2 is 1.90 bits per heavy atom. The van der Waals surface area contributed by atoms with Crippen LogP contribution >= 0.6 is 0 Å². The SMILES string of the molecule is C[C@@H]1C[C@H]1C(=O)N1[C@@H]2C[C@H]3CC[C@]2(CS1(=O)=O)C3(C)C. The van der Waals surface area contributed by atoms with Crippen molar-refractivity contribution in [2.75, 3.05) is 5.75 Å². The molecule has 20 heavy (non-hydrogen) atoms. The van der Waals surface area contributed by atoms with E-state index in [1.165, 1.54) is 4.31 Å². The molecule has 1 heterocycles. The van der Waals surface area contributed by atoms with Crippen molar-refractivity contribution in [3.8, 4) is 0 Å². The third-order valence-electron chi connectivity index (χ3n) is 7.06. The third-order valence-corrected chi connectivity index (χ3v) is 8.97. The molecule has 0 aromatic rings. The summed E-state index contributed by atoms with van der Waals surface area (Å²) in [6.45, 7) is 6.47. The molecule has 1 amide bonds. The van der Waals surface area contributed by atoms with Crippen molar-refractivity contribution in [2.45, 2.75) is 52.5 Å². The molecule has 3 aliphatic carbocycles. The van der Waals surface area contributed by atoms with E-state index in [0.717, 1.165) is 25.7 Å². The maximum Gasteiger partial charge on any atom is 0.239 e. The van der Waals surface area contributed by atoms with Crippen molar-refractivity contribution in [3.63, 3.8) is 0 Å². The highest BCUT2D eigenvalue weighted by Gasteiger charge is 2.72. The summed E-state index contributed by atoms with van der Waals surface area (Å²) < 4.78 is 26.6. The molecule has 1 spiro atoms. The van der Waals surface area contributed by atoms with Gasteiger partial charge in [-0.05, 0) is 42.9 Å². The molecule has 4 aliphatic rings. The number of fused-ring (bicyclic) bond motifs is 1. The summed E-state index contributed by atoms with van der Waals surface area (Å²) in [5.41, 5.74) is -0.126. The molecule has 4 nitrogen and oxygen atoms in total. The van der Waals surface area contributed by atoms with Crippen LogP contribution in [0, 0.1) is 28.6 Å². The quantitative estimate of drug-likeness (QED) is 0.744. The third kappa shape index (κ3) is 1.29. The van der Waals surface area contributed by atoms with Crippen molar-refractivity contribution < 1.29 is 13.2 Å². The Kier molecular flexibility index (Phi) is 2.24. The van der Waals surface area contributed by atoms with Crippen molar-refractivity contribution in [2.24, 2.45) is 28.6 Å². The first-order valence-electron chi connectivity index (χ1n) is 7.77. The minimum absolute atomic E-state index is 0.0397. The van der Waals surface area contributed by atoms with E-state index >= 15 is 0 Å². The van der Waals surface area contributed by atoms with Crippen LogP contribution in [0.2, 0.25) is 0 Å². The maximum absolute atomic E-state index is 12.6. The van der Waals surface area contributed by atoms with Gasteiger partial charge in [0.25, 0.3) is 0 Å². The van der Waals surface area contributed by atoms with Gasteiger partial charge >= 0.3 is 0 Å². The Labute approximate surface area is 121 Å². The van der Waals surface area contributed by atoms with E-state index in [0.29, 0.717) is 11.8 Å². The van der Waals surface area contributed by atoms with Gasteiger partial charge in [-0.2, -0.15) is 0 Å². The fourth-order valence-corrected chi connectivity index (χ4v) is 7.99. The summed E-state index contributed by atoms with van der Waals surface area (Å²) >= 11 is 0. The number of sulfonamides is 1. The van der Waals surface area contributed by atoms with E-state index in [9.17, 15) is 13.2 Å². The monoisotopic (exact) mass is 297 g/mol. The lowest BCUT2D eigenvalue weighted by Crippen LogP contribution is -2.44. The molecule has 0 aromatic carbocycles. The summed E-state index contributed by atoms with van der Waals surface area (Å²) in [4.78, 5) is 12.6. The number of amides is 1. The number of hydrogen-bond acceptors (Lipinski definition) is 3. The average Bonchev–Trinajstić information content (AvgIpc) is 2.88. The zero-order valence-corrected chi connectivity index (χ0v) is 13.2. The van der Waals surface area contributed by atoms with Crippen molar-refractivity contribution in [1.82, 2.24) is 4.31 Å². The Morgan fingerprint density at radius 1 is 1.25 bits per heavy atom. The number of rotatable bonds is 1. The normalized spacial score (nSPS) is 50.2. The Hall–Kier alpha value is -0.580. The summed E-state index contributed by atoms with van der Waals surface area (Å²) in [7, 11) is -3.41. The Bertz CT molecular complexity index is 596. The molecule has 0 unspecified atom stereocenters. The van der Waals surface area contributed by atoms with Gasteiger partial charge < -0.3 is 0 Å². The zero-order chi connectivity index (χ0) is 14.5. The van der Waals surface area contributed by atoms with Crippen LogP contribution in [0.25, 0.3) is 0 Å². The average molecular weight is 297 g/mol. The van der Waals surface area contributed by atoms with Crippen molar-refractivity contribution in [1.29, 1.82) is 0 Å². The fourth-order valence-electron chi connectivity index (χ4n) is 5.41. The lowest BCUT2D eigenvalue weighted by atomic mass is 9.69. The minimum Gasteiger partial charge on any atom is -0.273 e. The van der Waals surface area contributed by atoms with Gasteiger partial charge in [0, 0.05) is 11.3 Å². The zero-order valence-electron chi connectivity index (χ0n) is 12.4. The van der Waals surface area contributed by atoms with Gasteiger partial charge in [0.1, 0.15) is 0 Å². The highest BCUT2D eigenvalue weighted by molar-refractivity contribution is 7.90. The first kappa shape index (κ1) is 13.1. The highest BCUT2D eigenvalue weighted by Crippen LogP contribution is 2.70. The van der Waals surface area contributed by atoms with Gasteiger partial charge in [0.2, 0.25) is 15.9 Å². The Balaban J connectivity index is 1.77. The lowest BCUT2D eigenvalue weighted by molar-refractivity contribution is -0.130. The Morgan fingerprint density at radius 3 is 2.45 bits per heavy atom. The van der Waals surface area contributed by atoms with E-state index < -0.39 is 10.0 Å². The van der Waals surface area contributed by atoms with Crippen LogP contribution in [-0.2, 0) is 14.8 Å². The fraction of sp³-hybridized carbons (Fsp3) is 0.933. The van der Waals surface area contributed by atoms with Gasteiger partial charge in [-0.15, -0.1) is 0 Å². The van der Waals surface area contributed by atoms with Gasteiger partial charge in [-0.25, -0.2) is 12.7 Å². The standard InChI is InChI=1S/C15H23NO3S/c1-9-6-11(9)13(17)16-12-7-10-4-5-15(12,14(10,2)3)8-20(16,18)19/h9-12H,4-8H2,1-3H3/t9-,10-,11-,12-,15-/m1/s1. The van der Waals surface area contributed by atoms with Crippen LogP contribution in [0.15, 0.2) is 0 Å². The highest BCUT2D eigenvalue weighted by atomic mass is 32.2. The minimum atomic E-state index is -3.41. The van der Waals surface area contributed by atoms with Gasteiger partial charge in [0.15, 0.2) is 0 Å². The van der Waals surface area contributed by atoms with Crippen LogP contribution < -0.4 is 0 Å². The van der Waals surface area contributed by atoms with Crippen molar-refractivity contribution in [3.05, 3.63) is 0 Å². The van der Waals surface area contributed by atoms with Crippen molar-refractivity contribution >= 4 is 15.9 Å². The molecule has 5 heteroatoms. The predicted octanol–water partition coefficient (Wildman–Crippen LogP) is 2.01. The van der Waals surface area contributed by atoms with E-state index in [2.05, 4.69) is 13.8 Å². The first-order chi connectivity index (χ1) is 9.21. The first-order valence-corrected chi connectivity index (χ1v) is 9.37. The molecule has 1 saturated heterocycles. The van der Waals surface area contributed by atoms with E-state index in [-0.39, 0.29) is 34.4 Å². The molecule has 4 fully saturated rings. The number of nitrogens with zero attached hydrogens (tertiary/aromatic N) is 1.